The van der Waals surface area contributed by atoms with Crippen LogP contribution in [0.5, 0.6) is 0 Å². The van der Waals surface area contributed by atoms with Gasteiger partial charge in [-0.15, -0.1) is 11.3 Å². The van der Waals surface area contributed by atoms with Crippen LogP contribution in [-0.4, -0.2) is 36.5 Å². The van der Waals surface area contributed by atoms with Crippen LogP contribution in [0.3, 0.4) is 0 Å². The van der Waals surface area contributed by atoms with E-state index < -0.39 is 0 Å². The van der Waals surface area contributed by atoms with E-state index in [9.17, 15) is 4.79 Å². The Morgan fingerprint density at radius 3 is 2.70 bits per heavy atom. The highest BCUT2D eigenvalue weighted by Crippen LogP contribution is 2.30. The molecule has 0 saturated carbocycles. The minimum Gasteiger partial charge on any atom is -0.338 e. The van der Waals surface area contributed by atoms with Crippen LogP contribution in [0.15, 0.2) is 9.85 Å². The summed E-state index contributed by atoms with van der Waals surface area (Å²) in [5, 5.41) is 3.61. The molecule has 3 rings (SSSR count). The molecule has 1 N–H and O–H groups in total. The Kier molecular flexibility index (Phi) is 4.48. The van der Waals surface area contributed by atoms with E-state index in [1.807, 2.05) is 17.9 Å². The summed E-state index contributed by atoms with van der Waals surface area (Å²) >= 11 is 5.06. The summed E-state index contributed by atoms with van der Waals surface area (Å²) in [4.78, 5) is 15.4. The summed E-state index contributed by atoms with van der Waals surface area (Å²) in [6.07, 6.45) is 4.92. The van der Waals surface area contributed by atoms with E-state index in [1.165, 1.54) is 19.4 Å². The second kappa shape index (κ2) is 6.16. The Morgan fingerprint density at radius 1 is 1.40 bits per heavy atom. The summed E-state index contributed by atoms with van der Waals surface area (Å²) in [7, 11) is 0. The van der Waals surface area contributed by atoms with Crippen molar-refractivity contribution in [3.8, 4) is 0 Å². The van der Waals surface area contributed by atoms with Crippen LogP contribution < -0.4 is 5.32 Å². The highest BCUT2D eigenvalue weighted by molar-refractivity contribution is 9.11. The molecular formula is C15H21BrN2OS. The molecule has 20 heavy (non-hydrogen) atoms. The largest absolute Gasteiger partial charge is 0.338 e. The van der Waals surface area contributed by atoms with E-state index in [4.69, 9.17) is 0 Å². The fraction of sp³-hybridized carbons (Fsp3) is 0.667. The second-order valence-electron chi connectivity index (χ2n) is 5.90. The standard InChI is InChI=1S/C15H21BrN2OS/c1-10-9-13(20-14(10)16)15(19)18-7-4-11(5-8-18)12-3-2-6-17-12/h9,11-12,17H,2-8H2,1H3. The van der Waals surface area contributed by atoms with Crippen molar-refractivity contribution in [1.29, 1.82) is 0 Å². The summed E-state index contributed by atoms with van der Waals surface area (Å²) < 4.78 is 1.07. The van der Waals surface area contributed by atoms with Gasteiger partial charge in [0.2, 0.25) is 0 Å². The van der Waals surface area contributed by atoms with Crippen LogP contribution in [0.25, 0.3) is 0 Å². The third-order valence-corrected chi connectivity index (χ3v) is 6.69. The fourth-order valence-electron chi connectivity index (χ4n) is 3.34. The number of piperidine rings is 1. The molecule has 1 unspecified atom stereocenters. The highest BCUT2D eigenvalue weighted by Gasteiger charge is 2.30. The normalized spacial score (nSPS) is 24.3. The first-order valence-electron chi connectivity index (χ1n) is 7.44. The molecular weight excluding hydrogens is 336 g/mol. The molecule has 1 amide bonds. The summed E-state index contributed by atoms with van der Waals surface area (Å²) in [6.45, 7) is 5.04. The van der Waals surface area contributed by atoms with Crippen molar-refractivity contribution in [3.63, 3.8) is 0 Å². The lowest BCUT2D eigenvalue weighted by atomic mass is 9.88. The van der Waals surface area contributed by atoms with Crippen molar-refractivity contribution in [2.75, 3.05) is 19.6 Å². The maximum atomic E-state index is 12.5. The van der Waals surface area contributed by atoms with Gasteiger partial charge in [0.1, 0.15) is 0 Å². The number of aryl methyl sites for hydroxylation is 1. The number of rotatable bonds is 2. The molecule has 2 aliphatic heterocycles. The first-order valence-corrected chi connectivity index (χ1v) is 9.04. The maximum absolute atomic E-state index is 12.5. The molecule has 2 aliphatic rings. The summed E-state index contributed by atoms with van der Waals surface area (Å²) in [5.41, 5.74) is 1.16. The second-order valence-corrected chi connectivity index (χ2v) is 8.27. The molecule has 3 nitrogen and oxygen atoms in total. The van der Waals surface area contributed by atoms with Crippen molar-refractivity contribution in [2.45, 2.75) is 38.6 Å². The minimum atomic E-state index is 0.210. The highest BCUT2D eigenvalue weighted by atomic mass is 79.9. The third-order valence-electron chi connectivity index (χ3n) is 4.56. The first kappa shape index (κ1) is 14.5. The molecule has 3 heterocycles. The molecule has 110 valence electrons. The van der Waals surface area contributed by atoms with Gasteiger partial charge in [0, 0.05) is 19.1 Å². The number of carbonyl (C=O) groups is 1. The van der Waals surface area contributed by atoms with E-state index in [2.05, 4.69) is 21.2 Å². The number of hydrogen-bond acceptors (Lipinski definition) is 3. The lowest BCUT2D eigenvalue weighted by Crippen LogP contribution is -2.43. The molecule has 1 aromatic rings. The number of halogens is 1. The zero-order valence-electron chi connectivity index (χ0n) is 11.8. The van der Waals surface area contributed by atoms with Crippen molar-refractivity contribution >= 4 is 33.2 Å². The van der Waals surface area contributed by atoms with Gasteiger partial charge in [-0.05, 0) is 72.6 Å². The third kappa shape index (κ3) is 2.95. The molecule has 0 aromatic carbocycles. The molecule has 0 bridgehead atoms. The predicted molar refractivity (Wildman–Crippen MR) is 86.4 cm³/mol. The Morgan fingerprint density at radius 2 is 2.15 bits per heavy atom. The van der Waals surface area contributed by atoms with Gasteiger partial charge in [-0.2, -0.15) is 0 Å². The topological polar surface area (TPSA) is 32.3 Å². The SMILES string of the molecule is Cc1cc(C(=O)N2CCC(C3CCCN3)CC2)sc1Br. The Balaban J connectivity index is 1.58. The van der Waals surface area contributed by atoms with E-state index in [0.29, 0.717) is 6.04 Å². The van der Waals surface area contributed by atoms with Crippen molar-refractivity contribution in [2.24, 2.45) is 5.92 Å². The van der Waals surface area contributed by atoms with E-state index >= 15 is 0 Å². The average Bonchev–Trinajstić information content (AvgIpc) is 3.09. The van der Waals surface area contributed by atoms with Gasteiger partial charge in [0.15, 0.2) is 0 Å². The zero-order valence-corrected chi connectivity index (χ0v) is 14.2. The lowest BCUT2D eigenvalue weighted by molar-refractivity contribution is 0.0679. The summed E-state index contributed by atoms with van der Waals surface area (Å²) in [6, 6.07) is 2.70. The molecule has 1 atom stereocenters. The van der Waals surface area contributed by atoms with Gasteiger partial charge in [-0.1, -0.05) is 0 Å². The molecule has 2 saturated heterocycles. The summed E-state index contributed by atoms with van der Waals surface area (Å²) in [5.74, 6) is 0.972. The molecule has 1 aromatic heterocycles. The van der Waals surface area contributed by atoms with Crippen LogP contribution in [-0.2, 0) is 0 Å². The fourth-order valence-corrected chi connectivity index (χ4v) is 4.84. The van der Waals surface area contributed by atoms with Gasteiger partial charge >= 0.3 is 0 Å². The quantitative estimate of drug-likeness (QED) is 0.880. The van der Waals surface area contributed by atoms with Crippen LogP contribution >= 0.6 is 27.3 Å². The van der Waals surface area contributed by atoms with Crippen LogP contribution in [0.1, 0.15) is 40.9 Å². The Hall–Kier alpha value is -0.390. The number of likely N-dealkylation sites (tertiary alicyclic amines) is 1. The number of nitrogens with one attached hydrogen (secondary N) is 1. The number of carbonyl (C=O) groups excluding carboxylic acids is 1. The molecule has 0 aliphatic carbocycles. The van der Waals surface area contributed by atoms with E-state index in [1.54, 1.807) is 11.3 Å². The van der Waals surface area contributed by atoms with Gasteiger partial charge < -0.3 is 10.2 Å². The molecule has 5 heteroatoms. The van der Waals surface area contributed by atoms with Crippen molar-refractivity contribution in [3.05, 3.63) is 20.3 Å². The van der Waals surface area contributed by atoms with Crippen LogP contribution in [0.2, 0.25) is 0 Å². The Bertz CT molecular complexity index is 469. The first-order chi connectivity index (χ1) is 9.65. The minimum absolute atomic E-state index is 0.210. The van der Waals surface area contributed by atoms with Gasteiger partial charge in [-0.25, -0.2) is 0 Å². The van der Waals surface area contributed by atoms with Crippen LogP contribution in [0, 0.1) is 12.8 Å². The van der Waals surface area contributed by atoms with Crippen LogP contribution in [0.4, 0.5) is 0 Å². The van der Waals surface area contributed by atoms with Gasteiger partial charge in [0.05, 0.1) is 8.66 Å². The number of amides is 1. The predicted octanol–water partition coefficient (Wildman–Crippen LogP) is 3.42. The lowest BCUT2D eigenvalue weighted by Gasteiger charge is -2.34. The number of hydrogen-bond donors (Lipinski definition) is 1. The van der Waals surface area contributed by atoms with E-state index in [0.717, 1.165) is 46.1 Å². The molecule has 2 fully saturated rings. The molecule has 0 spiro atoms. The van der Waals surface area contributed by atoms with E-state index in [-0.39, 0.29) is 5.91 Å². The monoisotopic (exact) mass is 356 g/mol. The van der Waals surface area contributed by atoms with Gasteiger partial charge in [0.25, 0.3) is 5.91 Å². The van der Waals surface area contributed by atoms with Crippen molar-refractivity contribution < 1.29 is 4.79 Å². The number of thiophene rings is 1. The Labute approximate surface area is 132 Å². The smallest absolute Gasteiger partial charge is 0.263 e. The van der Waals surface area contributed by atoms with Gasteiger partial charge in [-0.3, -0.25) is 4.79 Å². The average molecular weight is 357 g/mol. The number of nitrogens with zero attached hydrogens (tertiary/aromatic N) is 1. The zero-order chi connectivity index (χ0) is 14.1. The molecule has 0 radical (unpaired) electrons. The van der Waals surface area contributed by atoms with Crippen molar-refractivity contribution in [1.82, 2.24) is 10.2 Å². The maximum Gasteiger partial charge on any atom is 0.263 e.